The molecular formula is C25H20FNS. The number of halogens is 1. The fourth-order valence-corrected chi connectivity index (χ4v) is 2.97. The van der Waals surface area contributed by atoms with Gasteiger partial charge in [-0.2, -0.15) is 4.99 Å². The van der Waals surface area contributed by atoms with E-state index in [0.717, 1.165) is 47.2 Å². The molecule has 0 aliphatic heterocycles. The van der Waals surface area contributed by atoms with E-state index in [1.165, 1.54) is 0 Å². The van der Waals surface area contributed by atoms with Gasteiger partial charge in [-0.05, 0) is 78.1 Å². The maximum atomic E-state index is 14.2. The van der Waals surface area contributed by atoms with Gasteiger partial charge in [-0.3, -0.25) is 0 Å². The van der Waals surface area contributed by atoms with Crippen LogP contribution in [0, 0.1) is 17.7 Å². The summed E-state index contributed by atoms with van der Waals surface area (Å²) in [4.78, 5) is 3.95. The molecule has 0 saturated carbocycles. The second-order valence-electron chi connectivity index (χ2n) is 6.50. The van der Waals surface area contributed by atoms with Crippen LogP contribution in [0.25, 0.3) is 11.1 Å². The summed E-state index contributed by atoms with van der Waals surface area (Å²) in [6, 6.07) is 21.0. The van der Waals surface area contributed by atoms with Gasteiger partial charge < -0.3 is 0 Å². The first-order valence-corrected chi connectivity index (χ1v) is 9.69. The quantitative estimate of drug-likeness (QED) is 0.262. The molecule has 1 nitrogen and oxygen atoms in total. The van der Waals surface area contributed by atoms with E-state index in [4.69, 9.17) is 0 Å². The summed E-state index contributed by atoms with van der Waals surface area (Å²) < 4.78 is 14.2. The van der Waals surface area contributed by atoms with Crippen molar-refractivity contribution in [3.8, 4) is 23.0 Å². The van der Waals surface area contributed by atoms with Crippen LogP contribution in [-0.4, -0.2) is 5.16 Å². The van der Waals surface area contributed by atoms with Crippen LogP contribution in [0.1, 0.15) is 36.5 Å². The highest BCUT2D eigenvalue weighted by molar-refractivity contribution is 7.78. The van der Waals surface area contributed by atoms with Crippen molar-refractivity contribution in [2.75, 3.05) is 0 Å². The SMILES string of the molecule is CCCCc1ccc(C#Cc2ccc(-c3ccc(N=C=S)cc3)cc2)c(F)c1. The fourth-order valence-electron chi connectivity index (χ4n) is 2.86. The number of rotatable bonds is 5. The molecule has 0 aliphatic carbocycles. The largest absolute Gasteiger partial charge is 0.206 e. The molecule has 0 heterocycles. The third-order valence-electron chi connectivity index (χ3n) is 4.45. The summed E-state index contributed by atoms with van der Waals surface area (Å²) in [6.07, 6.45) is 3.07. The Bertz CT molecular complexity index is 1050. The van der Waals surface area contributed by atoms with Crippen molar-refractivity contribution in [2.24, 2.45) is 4.99 Å². The highest BCUT2D eigenvalue weighted by atomic mass is 32.1. The molecule has 3 aromatic rings. The van der Waals surface area contributed by atoms with Gasteiger partial charge >= 0.3 is 0 Å². The molecule has 0 amide bonds. The van der Waals surface area contributed by atoms with Gasteiger partial charge in [0.1, 0.15) is 5.82 Å². The Hall–Kier alpha value is -3.05. The predicted molar refractivity (Wildman–Crippen MR) is 118 cm³/mol. The standard InChI is InChI=1S/C25H20FNS/c1-2-3-4-20-8-12-23(25(26)17-20)11-7-19-5-9-21(10-6-19)22-13-15-24(16-14-22)27-18-28/h5-6,8-10,12-17H,2-4H2,1H3. The first-order chi connectivity index (χ1) is 13.7. The molecule has 138 valence electrons. The summed E-state index contributed by atoms with van der Waals surface area (Å²) in [5.41, 5.74) is 5.24. The van der Waals surface area contributed by atoms with Gasteiger partial charge in [0.25, 0.3) is 0 Å². The van der Waals surface area contributed by atoms with Crippen LogP contribution in [0.3, 0.4) is 0 Å². The van der Waals surface area contributed by atoms with Gasteiger partial charge in [-0.15, -0.1) is 0 Å². The summed E-state index contributed by atoms with van der Waals surface area (Å²) in [7, 11) is 0. The van der Waals surface area contributed by atoms with Crippen LogP contribution in [0.5, 0.6) is 0 Å². The second kappa shape index (κ2) is 9.76. The Morgan fingerprint density at radius 2 is 1.57 bits per heavy atom. The summed E-state index contributed by atoms with van der Waals surface area (Å²) in [5, 5.41) is 2.36. The molecule has 0 atom stereocenters. The molecule has 0 spiro atoms. The van der Waals surface area contributed by atoms with E-state index < -0.39 is 0 Å². The molecule has 0 N–H and O–H groups in total. The topological polar surface area (TPSA) is 12.4 Å². The van der Waals surface area contributed by atoms with Crippen LogP contribution < -0.4 is 0 Å². The lowest BCUT2D eigenvalue weighted by Gasteiger charge is -2.02. The number of thiocarbonyl (C=S) groups is 1. The summed E-state index contributed by atoms with van der Waals surface area (Å²) in [5.74, 6) is 5.73. The van der Waals surface area contributed by atoms with E-state index in [-0.39, 0.29) is 5.82 Å². The van der Waals surface area contributed by atoms with E-state index >= 15 is 0 Å². The van der Waals surface area contributed by atoms with Crippen molar-refractivity contribution in [2.45, 2.75) is 26.2 Å². The van der Waals surface area contributed by atoms with Crippen molar-refractivity contribution in [1.29, 1.82) is 0 Å². The Kier molecular flexibility index (Phi) is 6.87. The highest BCUT2D eigenvalue weighted by Crippen LogP contribution is 2.23. The van der Waals surface area contributed by atoms with Crippen molar-refractivity contribution < 1.29 is 4.39 Å². The van der Waals surface area contributed by atoms with E-state index in [9.17, 15) is 4.39 Å². The zero-order chi connectivity index (χ0) is 19.8. The normalized spacial score (nSPS) is 9.93. The van der Waals surface area contributed by atoms with Crippen LogP contribution in [-0.2, 0) is 6.42 Å². The van der Waals surface area contributed by atoms with Crippen molar-refractivity contribution in [1.82, 2.24) is 0 Å². The lowest BCUT2D eigenvalue weighted by Crippen LogP contribution is -1.90. The molecule has 0 fully saturated rings. The lowest BCUT2D eigenvalue weighted by molar-refractivity contribution is 0.620. The molecular weight excluding hydrogens is 365 g/mol. The second-order valence-corrected chi connectivity index (χ2v) is 6.68. The van der Waals surface area contributed by atoms with E-state index in [2.05, 4.69) is 41.1 Å². The minimum atomic E-state index is -0.253. The maximum Gasteiger partial charge on any atom is 0.139 e. The molecule has 28 heavy (non-hydrogen) atoms. The molecule has 0 saturated heterocycles. The van der Waals surface area contributed by atoms with Crippen molar-refractivity contribution >= 4 is 23.1 Å². The van der Waals surface area contributed by atoms with E-state index in [1.807, 2.05) is 54.6 Å². The number of hydrogen-bond acceptors (Lipinski definition) is 2. The van der Waals surface area contributed by atoms with Crippen LogP contribution >= 0.6 is 12.2 Å². The Balaban J connectivity index is 1.74. The molecule has 3 rings (SSSR count). The monoisotopic (exact) mass is 385 g/mol. The van der Waals surface area contributed by atoms with Gasteiger partial charge in [0.15, 0.2) is 0 Å². The maximum absolute atomic E-state index is 14.2. The number of isothiocyanates is 1. The van der Waals surface area contributed by atoms with Gasteiger partial charge in [0, 0.05) is 5.56 Å². The average Bonchev–Trinajstić information content (AvgIpc) is 2.73. The first kappa shape index (κ1) is 19.7. The van der Waals surface area contributed by atoms with Crippen LogP contribution in [0.2, 0.25) is 0 Å². The molecule has 0 unspecified atom stereocenters. The number of benzene rings is 3. The Morgan fingerprint density at radius 3 is 2.18 bits per heavy atom. The minimum absolute atomic E-state index is 0.253. The van der Waals surface area contributed by atoms with Crippen molar-refractivity contribution in [3.63, 3.8) is 0 Å². The minimum Gasteiger partial charge on any atom is -0.206 e. The summed E-state index contributed by atoms with van der Waals surface area (Å²) >= 11 is 4.61. The highest BCUT2D eigenvalue weighted by Gasteiger charge is 2.02. The molecule has 3 heteroatoms. The smallest absolute Gasteiger partial charge is 0.139 e. The van der Waals surface area contributed by atoms with Gasteiger partial charge in [-0.1, -0.05) is 55.5 Å². The van der Waals surface area contributed by atoms with Crippen LogP contribution in [0.15, 0.2) is 71.7 Å². The first-order valence-electron chi connectivity index (χ1n) is 9.28. The van der Waals surface area contributed by atoms with E-state index in [0.29, 0.717) is 5.56 Å². The number of unbranched alkanes of at least 4 members (excludes halogenated alkanes) is 1. The van der Waals surface area contributed by atoms with Gasteiger partial charge in [0.2, 0.25) is 0 Å². The third-order valence-corrected chi connectivity index (χ3v) is 4.55. The average molecular weight is 386 g/mol. The molecule has 0 aromatic heterocycles. The predicted octanol–water partition coefficient (Wildman–Crippen LogP) is 6.97. The van der Waals surface area contributed by atoms with Gasteiger partial charge in [-0.25, -0.2) is 4.39 Å². The lowest BCUT2D eigenvalue weighted by atomic mass is 10.0. The van der Waals surface area contributed by atoms with Crippen LogP contribution in [0.4, 0.5) is 10.1 Å². The Labute approximate surface area is 171 Å². The number of nitrogens with zero attached hydrogens (tertiary/aromatic N) is 1. The third kappa shape index (κ3) is 5.24. The van der Waals surface area contributed by atoms with Crippen molar-refractivity contribution in [3.05, 3.63) is 89.2 Å². The number of aliphatic imine (C=N–C) groups is 1. The molecule has 0 radical (unpaired) electrons. The zero-order valence-corrected chi connectivity index (χ0v) is 16.5. The fraction of sp³-hybridized carbons (Fsp3) is 0.160. The molecule has 0 bridgehead atoms. The van der Waals surface area contributed by atoms with E-state index in [1.54, 1.807) is 12.1 Å². The molecule has 3 aromatic carbocycles. The number of aryl methyl sites for hydroxylation is 1. The zero-order valence-electron chi connectivity index (χ0n) is 15.7. The Morgan fingerprint density at radius 1 is 0.893 bits per heavy atom. The number of hydrogen-bond donors (Lipinski definition) is 0. The molecule has 0 aliphatic rings. The summed E-state index contributed by atoms with van der Waals surface area (Å²) in [6.45, 7) is 2.13. The van der Waals surface area contributed by atoms with Gasteiger partial charge in [0.05, 0.1) is 16.4 Å².